The zero-order chi connectivity index (χ0) is 15.2. The lowest BCUT2D eigenvalue weighted by molar-refractivity contribution is -0.133. The van der Waals surface area contributed by atoms with Gasteiger partial charge in [-0.25, -0.2) is 4.98 Å². The van der Waals surface area contributed by atoms with E-state index in [4.69, 9.17) is 5.11 Å². The Kier molecular flexibility index (Phi) is 6.35. The van der Waals surface area contributed by atoms with E-state index in [1.54, 1.807) is 0 Å². The van der Waals surface area contributed by atoms with Crippen molar-refractivity contribution in [2.45, 2.75) is 44.3 Å². The lowest BCUT2D eigenvalue weighted by Gasteiger charge is -2.08. The zero-order valence-electron chi connectivity index (χ0n) is 12.0. The molecule has 0 aliphatic heterocycles. The average Bonchev–Trinajstić information content (AvgIpc) is 2.78. The number of carboxylic acids is 1. The van der Waals surface area contributed by atoms with Crippen LogP contribution in [0.3, 0.4) is 0 Å². The second-order valence-electron chi connectivity index (χ2n) is 4.92. The molecule has 2 rings (SSSR count). The number of fused-ring (bicyclic) bond motifs is 1. The number of benzene rings is 1. The van der Waals surface area contributed by atoms with Gasteiger partial charge < -0.3 is 9.67 Å². The molecule has 1 aromatic heterocycles. The molecule has 0 atom stereocenters. The molecule has 1 heterocycles. The quantitative estimate of drug-likeness (QED) is 0.392. The van der Waals surface area contributed by atoms with E-state index in [0.717, 1.165) is 32.7 Å². The van der Waals surface area contributed by atoms with Gasteiger partial charge >= 0.3 is 5.97 Å². The first-order valence-corrected chi connectivity index (χ1v) is 9.18. The first-order valence-electron chi connectivity index (χ1n) is 7.12. The summed E-state index contributed by atoms with van der Waals surface area (Å²) in [4.78, 5) is 15.4. The molecule has 4 nitrogen and oxygen atoms in total. The van der Waals surface area contributed by atoms with Gasteiger partial charge in [-0.1, -0.05) is 37.9 Å². The Hall–Kier alpha value is -0.760. The minimum absolute atomic E-state index is 0.0510. The van der Waals surface area contributed by atoms with Gasteiger partial charge in [0.1, 0.15) is 0 Å². The number of carbonyl (C=O) groups is 1. The number of rotatable bonds is 8. The number of hydrogen-bond acceptors (Lipinski definition) is 3. The molecule has 0 aliphatic carbocycles. The highest BCUT2D eigenvalue weighted by Crippen LogP contribution is 2.26. The molecule has 6 heteroatoms. The fourth-order valence-electron chi connectivity index (χ4n) is 2.23. The first-order chi connectivity index (χ1) is 10.1. The Morgan fingerprint density at radius 1 is 1.38 bits per heavy atom. The minimum atomic E-state index is -0.806. The van der Waals surface area contributed by atoms with E-state index in [0.29, 0.717) is 0 Å². The summed E-state index contributed by atoms with van der Waals surface area (Å²) < 4.78 is 3.31. The van der Waals surface area contributed by atoms with Crippen LogP contribution in [-0.2, 0) is 11.3 Å². The molecule has 2 aromatic rings. The number of aryl methyl sites for hydroxylation is 1. The SMILES string of the molecule is CCCCCCn1c(SCC(=O)O)nc2cc(I)ccc21. The normalized spacial score (nSPS) is 11.1. The van der Waals surface area contributed by atoms with Crippen molar-refractivity contribution in [2.24, 2.45) is 0 Å². The van der Waals surface area contributed by atoms with Crippen LogP contribution in [-0.4, -0.2) is 26.4 Å². The molecule has 0 fully saturated rings. The zero-order valence-corrected chi connectivity index (χ0v) is 15.0. The van der Waals surface area contributed by atoms with Crippen LogP contribution in [0.25, 0.3) is 11.0 Å². The highest BCUT2D eigenvalue weighted by atomic mass is 127. The summed E-state index contributed by atoms with van der Waals surface area (Å²) in [5.74, 6) is -0.755. The second-order valence-corrected chi connectivity index (χ2v) is 7.11. The summed E-state index contributed by atoms with van der Waals surface area (Å²) >= 11 is 3.57. The van der Waals surface area contributed by atoms with E-state index >= 15 is 0 Å². The fourth-order valence-corrected chi connectivity index (χ4v) is 3.47. The van der Waals surface area contributed by atoms with Crippen molar-refractivity contribution in [3.63, 3.8) is 0 Å². The monoisotopic (exact) mass is 418 g/mol. The highest BCUT2D eigenvalue weighted by Gasteiger charge is 2.12. The predicted octanol–water partition coefficient (Wildman–Crippen LogP) is 4.40. The smallest absolute Gasteiger partial charge is 0.313 e. The molecule has 0 unspecified atom stereocenters. The van der Waals surface area contributed by atoms with Crippen molar-refractivity contribution >= 4 is 51.4 Å². The van der Waals surface area contributed by atoms with Gasteiger partial charge in [-0.3, -0.25) is 4.79 Å². The van der Waals surface area contributed by atoms with Crippen LogP contribution < -0.4 is 0 Å². The molecule has 0 spiro atoms. The third-order valence-corrected chi connectivity index (χ3v) is 4.87. The number of halogens is 1. The molecule has 21 heavy (non-hydrogen) atoms. The highest BCUT2D eigenvalue weighted by molar-refractivity contribution is 14.1. The third kappa shape index (κ3) is 4.60. The first kappa shape index (κ1) is 16.6. The average molecular weight is 418 g/mol. The number of nitrogens with zero attached hydrogens (tertiary/aromatic N) is 2. The molecule has 0 bridgehead atoms. The second kappa shape index (κ2) is 8.03. The van der Waals surface area contributed by atoms with Crippen molar-refractivity contribution in [1.29, 1.82) is 0 Å². The standard InChI is InChI=1S/C15H19IN2O2S/c1-2-3-4-5-8-18-13-7-6-11(16)9-12(13)17-15(18)21-10-14(19)20/h6-7,9H,2-5,8,10H2,1H3,(H,19,20). The minimum Gasteiger partial charge on any atom is -0.481 e. The molecule has 0 radical (unpaired) electrons. The maximum absolute atomic E-state index is 10.8. The van der Waals surface area contributed by atoms with Gasteiger partial charge in [-0.2, -0.15) is 0 Å². The maximum atomic E-state index is 10.8. The summed E-state index contributed by atoms with van der Waals surface area (Å²) in [5.41, 5.74) is 2.05. The lowest BCUT2D eigenvalue weighted by Crippen LogP contribution is -2.03. The third-order valence-electron chi connectivity index (χ3n) is 3.24. The summed E-state index contributed by atoms with van der Waals surface area (Å²) in [7, 11) is 0. The Balaban J connectivity index is 2.23. The van der Waals surface area contributed by atoms with Gasteiger partial charge in [0.2, 0.25) is 0 Å². The van der Waals surface area contributed by atoms with E-state index in [9.17, 15) is 4.79 Å². The Bertz CT molecular complexity index is 627. The largest absolute Gasteiger partial charge is 0.481 e. The molecule has 0 saturated carbocycles. The number of thioether (sulfide) groups is 1. The van der Waals surface area contributed by atoms with Gasteiger partial charge in [-0.15, -0.1) is 0 Å². The summed E-state index contributed by atoms with van der Waals surface area (Å²) in [6.07, 6.45) is 4.75. The van der Waals surface area contributed by atoms with Gasteiger partial charge in [0.25, 0.3) is 0 Å². The number of imidazole rings is 1. The number of carboxylic acid groups (broad SMARTS) is 1. The van der Waals surface area contributed by atoms with Gasteiger partial charge in [0, 0.05) is 10.1 Å². The molecular formula is C15H19IN2O2S. The van der Waals surface area contributed by atoms with Gasteiger partial charge in [-0.05, 0) is 47.2 Å². The van der Waals surface area contributed by atoms with Crippen LogP contribution in [0.15, 0.2) is 23.4 Å². The van der Waals surface area contributed by atoms with Crippen LogP contribution in [0, 0.1) is 3.57 Å². The van der Waals surface area contributed by atoms with Crippen LogP contribution in [0.4, 0.5) is 0 Å². The lowest BCUT2D eigenvalue weighted by atomic mass is 10.2. The molecular weight excluding hydrogens is 399 g/mol. The number of aromatic nitrogens is 2. The molecule has 114 valence electrons. The van der Waals surface area contributed by atoms with E-state index in [1.165, 1.54) is 31.0 Å². The summed E-state index contributed by atoms with van der Waals surface area (Å²) in [6, 6.07) is 6.19. The van der Waals surface area contributed by atoms with Crippen molar-refractivity contribution in [3.8, 4) is 0 Å². The van der Waals surface area contributed by atoms with Crippen LogP contribution in [0.5, 0.6) is 0 Å². The van der Waals surface area contributed by atoms with E-state index in [1.807, 2.05) is 6.07 Å². The molecule has 0 amide bonds. The maximum Gasteiger partial charge on any atom is 0.313 e. The van der Waals surface area contributed by atoms with Crippen LogP contribution in [0.2, 0.25) is 0 Å². The van der Waals surface area contributed by atoms with E-state index < -0.39 is 5.97 Å². The molecule has 1 N–H and O–H groups in total. The van der Waals surface area contributed by atoms with Crippen molar-refractivity contribution < 1.29 is 9.90 Å². The topological polar surface area (TPSA) is 55.1 Å². The number of hydrogen-bond donors (Lipinski definition) is 1. The van der Waals surface area contributed by atoms with Gasteiger partial charge in [0.05, 0.1) is 16.8 Å². The summed E-state index contributed by atoms with van der Waals surface area (Å²) in [6.45, 7) is 3.10. The fraction of sp³-hybridized carbons (Fsp3) is 0.467. The van der Waals surface area contributed by atoms with Gasteiger partial charge in [0.15, 0.2) is 5.16 Å². The van der Waals surface area contributed by atoms with Crippen molar-refractivity contribution in [3.05, 3.63) is 21.8 Å². The molecule has 1 aromatic carbocycles. The summed E-state index contributed by atoms with van der Waals surface area (Å²) in [5, 5.41) is 9.68. The molecule has 0 aliphatic rings. The van der Waals surface area contributed by atoms with Crippen molar-refractivity contribution in [1.82, 2.24) is 9.55 Å². The van der Waals surface area contributed by atoms with E-state index in [2.05, 4.69) is 51.2 Å². The van der Waals surface area contributed by atoms with Crippen LogP contribution >= 0.6 is 34.4 Å². The number of aliphatic carboxylic acids is 1. The Morgan fingerprint density at radius 2 is 2.19 bits per heavy atom. The Labute approximate surface area is 142 Å². The molecule has 0 saturated heterocycles. The Morgan fingerprint density at radius 3 is 2.90 bits per heavy atom. The van der Waals surface area contributed by atoms with Crippen LogP contribution in [0.1, 0.15) is 32.6 Å². The van der Waals surface area contributed by atoms with Crippen molar-refractivity contribution in [2.75, 3.05) is 5.75 Å². The predicted molar refractivity (Wildman–Crippen MR) is 95.0 cm³/mol. The van der Waals surface area contributed by atoms with E-state index in [-0.39, 0.29) is 5.75 Å². The number of unbranched alkanes of at least 4 members (excludes halogenated alkanes) is 3.